The summed E-state index contributed by atoms with van der Waals surface area (Å²) in [5.74, 6) is 1.20. The van der Waals surface area contributed by atoms with E-state index in [0.29, 0.717) is 24.7 Å². The zero-order chi connectivity index (χ0) is 18.9. The van der Waals surface area contributed by atoms with Crippen molar-refractivity contribution in [2.45, 2.75) is 31.6 Å². The number of rotatable bonds is 3. The fraction of sp³-hybridized carbons (Fsp3) is 0.429. The summed E-state index contributed by atoms with van der Waals surface area (Å²) in [6.45, 7) is 3.68. The first-order valence-electron chi connectivity index (χ1n) is 10.1. The van der Waals surface area contributed by atoms with Gasteiger partial charge in [-0.15, -0.1) is 0 Å². The third-order valence-corrected chi connectivity index (χ3v) is 5.83. The van der Waals surface area contributed by atoms with E-state index in [1.54, 1.807) is 12.3 Å². The third kappa shape index (κ3) is 3.21. The zero-order valence-corrected chi connectivity index (χ0v) is 15.9. The van der Waals surface area contributed by atoms with Crippen molar-refractivity contribution in [3.05, 3.63) is 54.2 Å². The Morgan fingerprint density at radius 3 is 2.57 bits per heavy atom. The molecule has 7 heteroatoms. The van der Waals surface area contributed by atoms with Gasteiger partial charge in [-0.1, -0.05) is 6.07 Å². The largest absolute Gasteiger partial charge is 0.370 e. The van der Waals surface area contributed by atoms with Gasteiger partial charge in [0, 0.05) is 38.3 Å². The number of amides is 1. The number of likely N-dealkylation sites (tertiary alicyclic amines) is 1. The van der Waals surface area contributed by atoms with Crippen molar-refractivity contribution >= 4 is 17.2 Å². The van der Waals surface area contributed by atoms with Crippen molar-refractivity contribution in [2.24, 2.45) is 0 Å². The Labute approximate surface area is 164 Å². The number of nitrogens with zero attached hydrogens (tertiary/aromatic N) is 6. The highest BCUT2D eigenvalue weighted by Crippen LogP contribution is 2.27. The number of carbonyl (C=O) groups is 1. The summed E-state index contributed by atoms with van der Waals surface area (Å²) in [7, 11) is 0. The van der Waals surface area contributed by atoms with E-state index in [4.69, 9.17) is 10.1 Å². The number of anilines is 1. The number of hydrogen-bond donors (Lipinski definition) is 0. The summed E-state index contributed by atoms with van der Waals surface area (Å²) < 4.78 is 1.91. The molecule has 28 heavy (non-hydrogen) atoms. The Hall–Kier alpha value is -2.96. The minimum Gasteiger partial charge on any atom is -0.370 e. The van der Waals surface area contributed by atoms with Crippen LogP contribution < -0.4 is 4.90 Å². The maximum Gasteiger partial charge on any atom is 0.272 e. The lowest BCUT2D eigenvalue weighted by atomic mass is 9.96. The predicted octanol–water partition coefficient (Wildman–Crippen LogP) is 2.74. The Bertz CT molecular complexity index is 971. The van der Waals surface area contributed by atoms with Gasteiger partial charge in [-0.3, -0.25) is 9.78 Å². The molecule has 0 unspecified atom stereocenters. The first kappa shape index (κ1) is 17.2. The summed E-state index contributed by atoms with van der Waals surface area (Å²) >= 11 is 0. The minimum atomic E-state index is 0.0114. The lowest BCUT2D eigenvalue weighted by Crippen LogP contribution is -2.38. The Kier molecular flexibility index (Phi) is 4.43. The predicted molar refractivity (Wildman–Crippen MR) is 107 cm³/mol. The lowest BCUT2D eigenvalue weighted by molar-refractivity contribution is 0.0705. The Morgan fingerprint density at radius 2 is 1.82 bits per heavy atom. The number of aromatic nitrogens is 4. The van der Waals surface area contributed by atoms with Crippen molar-refractivity contribution in [3.63, 3.8) is 0 Å². The fourth-order valence-corrected chi connectivity index (χ4v) is 4.22. The zero-order valence-electron chi connectivity index (χ0n) is 15.9. The molecule has 0 radical (unpaired) electrons. The van der Waals surface area contributed by atoms with E-state index in [9.17, 15) is 4.79 Å². The highest BCUT2D eigenvalue weighted by atomic mass is 16.2. The number of pyridine rings is 2. The molecule has 2 saturated heterocycles. The second-order valence-electron chi connectivity index (χ2n) is 7.64. The highest BCUT2D eigenvalue weighted by Gasteiger charge is 2.27. The van der Waals surface area contributed by atoms with E-state index < -0.39 is 0 Å². The summed E-state index contributed by atoms with van der Waals surface area (Å²) in [6.07, 6.45) is 8.05. The molecule has 0 aliphatic carbocycles. The molecule has 2 aliphatic heterocycles. The van der Waals surface area contributed by atoms with Crippen LogP contribution in [-0.2, 0) is 0 Å². The van der Waals surface area contributed by atoms with E-state index in [1.165, 1.54) is 18.5 Å². The van der Waals surface area contributed by atoms with Crippen LogP contribution in [0.3, 0.4) is 0 Å². The molecule has 1 amide bonds. The average molecular weight is 376 g/mol. The van der Waals surface area contributed by atoms with Gasteiger partial charge >= 0.3 is 0 Å². The molecule has 144 valence electrons. The number of carbonyl (C=O) groups excluding carboxylic acids is 1. The maximum absolute atomic E-state index is 12.6. The van der Waals surface area contributed by atoms with Crippen molar-refractivity contribution in [2.75, 3.05) is 31.1 Å². The molecular formula is C21H24N6O. The van der Waals surface area contributed by atoms with E-state index >= 15 is 0 Å². The van der Waals surface area contributed by atoms with Gasteiger partial charge in [0.05, 0.1) is 11.9 Å². The van der Waals surface area contributed by atoms with Crippen LogP contribution in [0.5, 0.6) is 0 Å². The molecule has 5 heterocycles. The number of hydrogen-bond acceptors (Lipinski definition) is 5. The van der Waals surface area contributed by atoms with Crippen LogP contribution in [0.1, 0.15) is 47.9 Å². The fourth-order valence-electron chi connectivity index (χ4n) is 4.22. The van der Waals surface area contributed by atoms with Gasteiger partial charge in [-0.05, 0) is 49.9 Å². The van der Waals surface area contributed by atoms with Gasteiger partial charge in [-0.2, -0.15) is 5.10 Å². The highest BCUT2D eigenvalue weighted by molar-refractivity contribution is 5.92. The van der Waals surface area contributed by atoms with Gasteiger partial charge < -0.3 is 9.80 Å². The molecule has 3 aromatic rings. The molecule has 0 atom stereocenters. The first-order chi connectivity index (χ1) is 13.8. The van der Waals surface area contributed by atoms with Crippen LogP contribution in [0.2, 0.25) is 0 Å². The van der Waals surface area contributed by atoms with Crippen molar-refractivity contribution < 1.29 is 4.79 Å². The molecule has 5 rings (SSSR count). The molecule has 2 fully saturated rings. The number of piperidine rings is 1. The Morgan fingerprint density at radius 1 is 1.00 bits per heavy atom. The van der Waals surface area contributed by atoms with Gasteiger partial charge in [0.15, 0.2) is 11.5 Å². The molecule has 7 nitrogen and oxygen atoms in total. The van der Waals surface area contributed by atoms with Crippen molar-refractivity contribution in [1.29, 1.82) is 0 Å². The second kappa shape index (κ2) is 7.22. The molecule has 0 saturated carbocycles. The molecular weight excluding hydrogens is 352 g/mol. The average Bonchev–Trinajstić information content (AvgIpc) is 3.43. The van der Waals surface area contributed by atoms with Crippen molar-refractivity contribution in [1.82, 2.24) is 24.5 Å². The normalized spacial score (nSPS) is 18.1. The van der Waals surface area contributed by atoms with Crippen LogP contribution >= 0.6 is 0 Å². The van der Waals surface area contributed by atoms with Gasteiger partial charge in [0.2, 0.25) is 0 Å². The van der Waals surface area contributed by atoms with E-state index in [0.717, 1.165) is 37.4 Å². The number of fused-ring (bicyclic) bond motifs is 1. The van der Waals surface area contributed by atoms with E-state index in [2.05, 4.69) is 28.2 Å². The summed E-state index contributed by atoms with van der Waals surface area (Å²) in [5.41, 5.74) is 2.63. The van der Waals surface area contributed by atoms with Crippen LogP contribution in [0, 0.1) is 0 Å². The standard InChI is InChI=1S/C21H24N6O/c28-21(18-5-1-2-10-22-18)26-13-8-16(9-14-26)20-23-19-7-6-17(15-27(19)24-20)25-11-3-4-12-25/h1-2,5-7,10,15-16H,3-4,8-9,11-14H2. The molecule has 3 aromatic heterocycles. The second-order valence-corrected chi connectivity index (χ2v) is 7.64. The van der Waals surface area contributed by atoms with E-state index in [1.807, 2.05) is 21.5 Å². The SMILES string of the molecule is O=C(c1ccccn1)N1CCC(c2nc3ccc(N4CCCC4)cn3n2)CC1. The molecule has 0 spiro atoms. The smallest absolute Gasteiger partial charge is 0.272 e. The van der Waals surface area contributed by atoms with E-state index in [-0.39, 0.29) is 5.91 Å². The maximum atomic E-state index is 12.6. The first-order valence-corrected chi connectivity index (χ1v) is 10.1. The van der Waals surface area contributed by atoms with Gasteiger partial charge in [0.25, 0.3) is 5.91 Å². The minimum absolute atomic E-state index is 0.0114. The lowest BCUT2D eigenvalue weighted by Gasteiger charge is -2.30. The van der Waals surface area contributed by atoms with Gasteiger partial charge in [0.1, 0.15) is 5.69 Å². The van der Waals surface area contributed by atoms with Crippen LogP contribution in [-0.4, -0.2) is 56.6 Å². The molecule has 0 N–H and O–H groups in total. The monoisotopic (exact) mass is 376 g/mol. The van der Waals surface area contributed by atoms with Crippen LogP contribution in [0.4, 0.5) is 5.69 Å². The quantitative estimate of drug-likeness (QED) is 0.703. The van der Waals surface area contributed by atoms with Crippen LogP contribution in [0.15, 0.2) is 42.7 Å². The van der Waals surface area contributed by atoms with Crippen molar-refractivity contribution in [3.8, 4) is 0 Å². The van der Waals surface area contributed by atoms with Gasteiger partial charge in [-0.25, -0.2) is 9.50 Å². The third-order valence-electron chi connectivity index (χ3n) is 5.83. The topological polar surface area (TPSA) is 66.6 Å². The Balaban J connectivity index is 1.28. The summed E-state index contributed by atoms with van der Waals surface area (Å²) in [6, 6.07) is 9.66. The van der Waals surface area contributed by atoms with Crippen LogP contribution in [0.25, 0.3) is 5.65 Å². The summed E-state index contributed by atoms with van der Waals surface area (Å²) in [5, 5.41) is 4.76. The summed E-state index contributed by atoms with van der Waals surface area (Å²) in [4.78, 5) is 25.8. The molecule has 0 bridgehead atoms. The molecule has 2 aliphatic rings. The molecule has 0 aromatic carbocycles.